The fourth-order valence-electron chi connectivity index (χ4n) is 2.09. The van der Waals surface area contributed by atoms with Gasteiger partial charge in [0.25, 0.3) is 5.91 Å². The van der Waals surface area contributed by atoms with Crippen molar-refractivity contribution >= 4 is 18.0 Å². The van der Waals surface area contributed by atoms with Crippen LogP contribution < -0.4 is 0 Å². The number of ether oxygens (including phenoxy) is 3. The predicted molar refractivity (Wildman–Crippen MR) is 91.0 cm³/mol. The van der Waals surface area contributed by atoms with Crippen molar-refractivity contribution in [2.45, 2.75) is 39.4 Å². The summed E-state index contributed by atoms with van der Waals surface area (Å²) in [5, 5.41) is 0. The topological polar surface area (TPSA) is 85.4 Å². The van der Waals surface area contributed by atoms with Gasteiger partial charge in [0.1, 0.15) is 5.60 Å². The molecule has 1 fully saturated rings. The Balaban J connectivity index is 2.34. The molecular weight excluding hydrogens is 328 g/mol. The van der Waals surface area contributed by atoms with Crippen molar-refractivity contribution in [2.75, 3.05) is 39.4 Å². The van der Waals surface area contributed by atoms with Crippen LogP contribution in [-0.2, 0) is 23.8 Å². The molecule has 0 saturated carbocycles. The Labute approximate surface area is 148 Å². The van der Waals surface area contributed by atoms with E-state index in [1.165, 1.54) is 6.08 Å². The zero-order valence-electron chi connectivity index (χ0n) is 15.4. The standard InChI is InChI=1S/C17H28N2O6/c1-6-11-23-13(2)15(21)24-12-14(20)18-7-9-19(10-8-18)16(22)25-17(3,4)5/h6,13H,1,7-12H2,2-5H3. The van der Waals surface area contributed by atoms with E-state index >= 15 is 0 Å². The molecule has 1 heterocycles. The summed E-state index contributed by atoms with van der Waals surface area (Å²) < 4.78 is 15.4. The second-order valence-corrected chi connectivity index (χ2v) is 6.72. The molecule has 142 valence electrons. The monoisotopic (exact) mass is 356 g/mol. The highest BCUT2D eigenvalue weighted by Crippen LogP contribution is 2.12. The molecule has 1 unspecified atom stereocenters. The van der Waals surface area contributed by atoms with E-state index in [0.29, 0.717) is 26.2 Å². The number of amides is 2. The van der Waals surface area contributed by atoms with Crippen LogP contribution in [0.3, 0.4) is 0 Å². The zero-order chi connectivity index (χ0) is 19.0. The summed E-state index contributed by atoms with van der Waals surface area (Å²) in [6, 6.07) is 0. The molecule has 0 aliphatic carbocycles. The molecular formula is C17H28N2O6. The first kappa shape index (κ1) is 21.0. The van der Waals surface area contributed by atoms with Gasteiger partial charge in [0.2, 0.25) is 0 Å². The van der Waals surface area contributed by atoms with Crippen molar-refractivity contribution < 1.29 is 28.6 Å². The molecule has 8 nitrogen and oxygen atoms in total. The summed E-state index contributed by atoms with van der Waals surface area (Å²) in [7, 11) is 0. The van der Waals surface area contributed by atoms with Gasteiger partial charge in [0.15, 0.2) is 12.7 Å². The van der Waals surface area contributed by atoms with E-state index in [9.17, 15) is 14.4 Å². The lowest BCUT2D eigenvalue weighted by Gasteiger charge is -2.35. The van der Waals surface area contributed by atoms with Crippen LogP contribution in [0.1, 0.15) is 27.7 Å². The molecule has 0 aromatic heterocycles. The summed E-state index contributed by atoms with van der Waals surface area (Å²) >= 11 is 0. The van der Waals surface area contributed by atoms with Crippen LogP contribution in [0.4, 0.5) is 4.79 Å². The van der Waals surface area contributed by atoms with Gasteiger partial charge >= 0.3 is 12.1 Å². The molecule has 0 aromatic carbocycles. The maximum atomic E-state index is 12.1. The molecule has 0 radical (unpaired) electrons. The Bertz CT molecular complexity index is 492. The minimum Gasteiger partial charge on any atom is -0.454 e. The molecule has 1 atom stereocenters. The number of hydrogen-bond acceptors (Lipinski definition) is 6. The third-order valence-electron chi connectivity index (χ3n) is 3.42. The number of carbonyl (C=O) groups excluding carboxylic acids is 3. The number of carbonyl (C=O) groups is 3. The SMILES string of the molecule is C=CCOC(C)C(=O)OCC(=O)N1CCN(C(=O)OC(C)(C)C)CC1. The maximum Gasteiger partial charge on any atom is 0.410 e. The lowest BCUT2D eigenvalue weighted by atomic mass is 10.2. The number of hydrogen-bond donors (Lipinski definition) is 0. The third-order valence-corrected chi connectivity index (χ3v) is 3.42. The van der Waals surface area contributed by atoms with Crippen molar-refractivity contribution in [2.24, 2.45) is 0 Å². The molecule has 1 rings (SSSR count). The lowest BCUT2D eigenvalue weighted by molar-refractivity contribution is -0.161. The van der Waals surface area contributed by atoms with Gasteiger partial charge in [-0.05, 0) is 27.7 Å². The van der Waals surface area contributed by atoms with Crippen LogP contribution in [0.5, 0.6) is 0 Å². The van der Waals surface area contributed by atoms with E-state index in [1.807, 2.05) is 0 Å². The Morgan fingerprint density at radius 2 is 1.68 bits per heavy atom. The van der Waals surface area contributed by atoms with Gasteiger partial charge in [0, 0.05) is 26.2 Å². The molecule has 0 bridgehead atoms. The van der Waals surface area contributed by atoms with Crippen LogP contribution >= 0.6 is 0 Å². The van der Waals surface area contributed by atoms with Gasteiger partial charge in [-0.3, -0.25) is 4.79 Å². The highest BCUT2D eigenvalue weighted by atomic mass is 16.6. The Hall–Kier alpha value is -2.09. The minimum atomic E-state index is -0.755. The van der Waals surface area contributed by atoms with E-state index < -0.39 is 17.7 Å². The highest BCUT2D eigenvalue weighted by molar-refractivity contribution is 5.82. The Morgan fingerprint density at radius 3 is 2.20 bits per heavy atom. The maximum absolute atomic E-state index is 12.1. The average Bonchev–Trinajstić information content (AvgIpc) is 2.55. The van der Waals surface area contributed by atoms with E-state index in [4.69, 9.17) is 14.2 Å². The second-order valence-electron chi connectivity index (χ2n) is 6.72. The van der Waals surface area contributed by atoms with E-state index in [0.717, 1.165) is 0 Å². The Kier molecular flexibility index (Phi) is 7.89. The molecule has 1 aliphatic rings. The van der Waals surface area contributed by atoms with E-state index in [1.54, 1.807) is 37.5 Å². The normalized spacial score (nSPS) is 16.2. The molecule has 0 aromatic rings. The van der Waals surface area contributed by atoms with Crippen LogP contribution in [0.2, 0.25) is 0 Å². The molecule has 1 aliphatic heterocycles. The largest absolute Gasteiger partial charge is 0.454 e. The molecule has 0 spiro atoms. The van der Waals surface area contributed by atoms with Gasteiger partial charge < -0.3 is 24.0 Å². The van der Waals surface area contributed by atoms with Crippen molar-refractivity contribution in [3.8, 4) is 0 Å². The molecule has 2 amide bonds. The number of rotatable bonds is 6. The summed E-state index contributed by atoms with van der Waals surface area (Å²) in [5.74, 6) is -0.893. The fourth-order valence-corrected chi connectivity index (χ4v) is 2.09. The van der Waals surface area contributed by atoms with E-state index in [-0.39, 0.29) is 25.2 Å². The van der Waals surface area contributed by atoms with Crippen molar-refractivity contribution in [3.63, 3.8) is 0 Å². The Morgan fingerprint density at radius 1 is 1.12 bits per heavy atom. The van der Waals surface area contributed by atoms with Crippen LogP contribution in [0, 0.1) is 0 Å². The van der Waals surface area contributed by atoms with E-state index in [2.05, 4.69) is 6.58 Å². The van der Waals surface area contributed by atoms with Gasteiger partial charge in [-0.25, -0.2) is 9.59 Å². The lowest BCUT2D eigenvalue weighted by Crippen LogP contribution is -2.52. The zero-order valence-corrected chi connectivity index (χ0v) is 15.4. The van der Waals surface area contributed by atoms with Gasteiger partial charge in [-0.2, -0.15) is 0 Å². The number of esters is 1. The smallest absolute Gasteiger partial charge is 0.410 e. The van der Waals surface area contributed by atoms with Gasteiger partial charge in [0.05, 0.1) is 6.61 Å². The van der Waals surface area contributed by atoms with Crippen LogP contribution in [0.25, 0.3) is 0 Å². The van der Waals surface area contributed by atoms with Crippen molar-refractivity contribution in [1.82, 2.24) is 9.80 Å². The summed E-state index contributed by atoms with van der Waals surface area (Å²) in [6.07, 6.45) is 0.382. The fraction of sp³-hybridized carbons (Fsp3) is 0.706. The van der Waals surface area contributed by atoms with Gasteiger partial charge in [-0.1, -0.05) is 6.08 Å². The van der Waals surface area contributed by atoms with Crippen molar-refractivity contribution in [3.05, 3.63) is 12.7 Å². The minimum absolute atomic E-state index is 0.233. The number of nitrogens with zero attached hydrogens (tertiary/aromatic N) is 2. The molecule has 25 heavy (non-hydrogen) atoms. The predicted octanol–water partition coefficient (Wildman–Crippen LogP) is 1.20. The highest BCUT2D eigenvalue weighted by Gasteiger charge is 2.28. The van der Waals surface area contributed by atoms with Crippen LogP contribution in [-0.4, -0.2) is 78.9 Å². The molecule has 8 heteroatoms. The second kappa shape index (κ2) is 9.41. The molecule has 0 N–H and O–H groups in total. The van der Waals surface area contributed by atoms with Crippen LogP contribution in [0.15, 0.2) is 12.7 Å². The van der Waals surface area contributed by atoms with Gasteiger partial charge in [-0.15, -0.1) is 6.58 Å². The quantitative estimate of drug-likeness (QED) is 0.525. The first-order valence-electron chi connectivity index (χ1n) is 8.29. The average molecular weight is 356 g/mol. The first-order chi connectivity index (χ1) is 11.6. The summed E-state index contributed by atoms with van der Waals surface area (Å²) in [4.78, 5) is 38.9. The first-order valence-corrected chi connectivity index (χ1v) is 8.29. The summed E-state index contributed by atoms with van der Waals surface area (Å²) in [6.45, 7) is 11.9. The third kappa shape index (κ3) is 7.55. The number of piperazine rings is 1. The molecule has 1 saturated heterocycles. The summed E-state index contributed by atoms with van der Waals surface area (Å²) in [5.41, 5.74) is -0.553. The van der Waals surface area contributed by atoms with Crippen molar-refractivity contribution in [1.29, 1.82) is 0 Å².